The van der Waals surface area contributed by atoms with Crippen LogP contribution in [0.5, 0.6) is 5.75 Å². The first-order chi connectivity index (χ1) is 17.5. The van der Waals surface area contributed by atoms with Gasteiger partial charge in [-0.25, -0.2) is 4.68 Å². The lowest BCUT2D eigenvalue weighted by molar-refractivity contribution is -0.124. The molecule has 190 valence electrons. The standard InChI is InChI=1S/C30H36ClN3O2/c1-19-12-17-26(27(18-19)36-3)34-29(22-13-15-23(31)16-14-22)24-10-7-11-25(28(24)33-34)30(35)32-20(2)21-8-5-4-6-9-21/h12-18,20-21,25H,4-11H2,1-3H3,(H,32,35)/t20-,25?/m1/s1. The number of nitrogens with zero attached hydrogens (tertiary/aromatic N) is 2. The van der Waals surface area contributed by atoms with Crippen molar-refractivity contribution < 1.29 is 9.53 Å². The molecular formula is C30H36ClN3O2. The van der Waals surface area contributed by atoms with Gasteiger partial charge in [0.25, 0.3) is 0 Å². The largest absolute Gasteiger partial charge is 0.494 e. The SMILES string of the molecule is COc1cc(C)ccc1-n1nc2c(c1-c1ccc(Cl)cc1)CCCC2C(=O)N[C@H](C)C1CCCCC1. The first kappa shape index (κ1) is 24.9. The number of aromatic nitrogens is 2. The minimum Gasteiger partial charge on any atom is -0.494 e. The Bertz CT molecular complexity index is 1230. The van der Waals surface area contributed by atoms with Gasteiger partial charge in [-0.2, -0.15) is 5.10 Å². The maximum atomic E-state index is 13.6. The van der Waals surface area contributed by atoms with E-state index in [9.17, 15) is 4.79 Å². The van der Waals surface area contributed by atoms with Crippen molar-refractivity contribution in [2.24, 2.45) is 5.92 Å². The molecule has 0 aliphatic heterocycles. The number of benzene rings is 2. The first-order valence-electron chi connectivity index (χ1n) is 13.3. The lowest BCUT2D eigenvalue weighted by Gasteiger charge is -2.30. The average molecular weight is 506 g/mol. The van der Waals surface area contributed by atoms with E-state index in [1.807, 2.05) is 48.0 Å². The van der Waals surface area contributed by atoms with Crippen LogP contribution in [0.3, 0.4) is 0 Å². The quantitative estimate of drug-likeness (QED) is 0.391. The van der Waals surface area contributed by atoms with E-state index in [4.69, 9.17) is 21.4 Å². The first-order valence-corrected chi connectivity index (χ1v) is 13.7. The van der Waals surface area contributed by atoms with Gasteiger partial charge in [0.15, 0.2) is 0 Å². The summed E-state index contributed by atoms with van der Waals surface area (Å²) in [4.78, 5) is 13.6. The van der Waals surface area contributed by atoms with Crippen LogP contribution in [0.15, 0.2) is 42.5 Å². The van der Waals surface area contributed by atoms with Gasteiger partial charge in [-0.1, -0.05) is 49.1 Å². The number of hydrogen-bond acceptors (Lipinski definition) is 3. The van der Waals surface area contributed by atoms with Gasteiger partial charge < -0.3 is 10.1 Å². The lowest BCUT2D eigenvalue weighted by atomic mass is 9.83. The molecule has 1 unspecified atom stereocenters. The molecule has 3 aromatic rings. The van der Waals surface area contributed by atoms with Crippen LogP contribution in [-0.4, -0.2) is 28.8 Å². The second-order valence-corrected chi connectivity index (χ2v) is 10.9. The number of carbonyl (C=O) groups is 1. The Kier molecular flexibility index (Phi) is 7.38. The molecule has 2 aliphatic carbocycles. The van der Waals surface area contributed by atoms with Gasteiger partial charge in [0.2, 0.25) is 5.91 Å². The highest BCUT2D eigenvalue weighted by molar-refractivity contribution is 6.30. The Hall–Kier alpha value is -2.79. The van der Waals surface area contributed by atoms with Crippen molar-refractivity contribution in [3.63, 3.8) is 0 Å². The van der Waals surface area contributed by atoms with Crippen LogP contribution in [0.4, 0.5) is 0 Å². The normalized spacial score (nSPS) is 18.9. The third-order valence-corrected chi connectivity index (χ3v) is 8.24. The van der Waals surface area contributed by atoms with Crippen LogP contribution in [0.25, 0.3) is 16.9 Å². The van der Waals surface area contributed by atoms with Crippen LogP contribution in [-0.2, 0) is 11.2 Å². The summed E-state index contributed by atoms with van der Waals surface area (Å²) in [5, 5.41) is 9.19. The Morgan fingerprint density at radius 2 is 1.83 bits per heavy atom. The lowest BCUT2D eigenvalue weighted by Crippen LogP contribution is -2.42. The number of aryl methyl sites for hydroxylation is 1. The van der Waals surface area contributed by atoms with Gasteiger partial charge in [0, 0.05) is 22.2 Å². The molecule has 1 heterocycles. The molecule has 1 amide bonds. The highest BCUT2D eigenvalue weighted by Crippen LogP contribution is 2.41. The Balaban J connectivity index is 1.56. The molecule has 0 radical (unpaired) electrons. The zero-order valence-corrected chi connectivity index (χ0v) is 22.3. The third-order valence-electron chi connectivity index (χ3n) is 7.99. The number of rotatable bonds is 6. The summed E-state index contributed by atoms with van der Waals surface area (Å²) >= 11 is 6.22. The van der Waals surface area contributed by atoms with Crippen LogP contribution in [0, 0.1) is 12.8 Å². The molecule has 0 saturated heterocycles. The topological polar surface area (TPSA) is 56.2 Å². The number of amides is 1. The number of hydrogen-bond donors (Lipinski definition) is 1. The van der Waals surface area contributed by atoms with E-state index in [-0.39, 0.29) is 17.9 Å². The number of ether oxygens (including phenoxy) is 1. The number of methoxy groups -OCH3 is 1. The van der Waals surface area contributed by atoms with Crippen molar-refractivity contribution in [2.75, 3.05) is 7.11 Å². The molecular weight excluding hydrogens is 470 g/mol. The van der Waals surface area contributed by atoms with Crippen LogP contribution in [0.1, 0.15) is 74.6 Å². The third kappa shape index (κ3) is 4.90. The van der Waals surface area contributed by atoms with Gasteiger partial charge >= 0.3 is 0 Å². The van der Waals surface area contributed by atoms with E-state index in [0.29, 0.717) is 10.9 Å². The zero-order chi connectivity index (χ0) is 25.2. The predicted molar refractivity (Wildman–Crippen MR) is 145 cm³/mol. The molecule has 2 aliphatic rings. The van der Waals surface area contributed by atoms with Crippen molar-refractivity contribution in [3.8, 4) is 22.7 Å². The fourth-order valence-electron chi connectivity index (χ4n) is 5.98. The van der Waals surface area contributed by atoms with Crippen molar-refractivity contribution >= 4 is 17.5 Å². The zero-order valence-electron chi connectivity index (χ0n) is 21.5. The fraction of sp³-hybridized carbons (Fsp3) is 0.467. The highest BCUT2D eigenvalue weighted by atomic mass is 35.5. The second kappa shape index (κ2) is 10.7. The monoisotopic (exact) mass is 505 g/mol. The highest BCUT2D eigenvalue weighted by Gasteiger charge is 2.35. The molecule has 0 bridgehead atoms. The Labute approximate surface area is 219 Å². The number of carbonyl (C=O) groups excluding carboxylic acids is 1. The van der Waals surface area contributed by atoms with E-state index in [1.54, 1.807) is 7.11 Å². The minimum atomic E-state index is -0.247. The van der Waals surface area contributed by atoms with E-state index in [1.165, 1.54) is 32.1 Å². The summed E-state index contributed by atoms with van der Waals surface area (Å²) in [5.41, 5.74) is 6.08. The van der Waals surface area contributed by atoms with Crippen molar-refractivity contribution in [3.05, 3.63) is 64.3 Å². The van der Waals surface area contributed by atoms with Gasteiger partial charge in [-0.3, -0.25) is 4.79 Å². The molecule has 5 nitrogen and oxygen atoms in total. The molecule has 5 rings (SSSR count). The summed E-state index contributed by atoms with van der Waals surface area (Å²) in [6, 6.07) is 14.2. The van der Waals surface area contributed by atoms with Gasteiger partial charge in [0.1, 0.15) is 11.4 Å². The number of fused-ring (bicyclic) bond motifs is 1. The molecule has 1 aromatic heterocycles. The maximum absolute atomic E-state index is 13.6. The van der Waals surface area contributed by atoms with Crippen molar-refractivity contribution in [1.82, 2.24) is 15.1 Å². The van der Waals surface area contributed by atoms with Gasteiger partial charge in [-0.05, 0) is 81.7 Å². The Morgan fingerprint density at radius 3 is 2.56 bits per heavy atom. The molecule has 2 atom stereocenters. The van der Waals surface area contributed by atoms with E-state index >= 15 is 0 Å². The summed E-state index contributed by atoms with van der Waals surface area (Å²) in [7, 11) is 1.69. The van der Waals surface area contributed by atoms with Crippen LogP contribution in [0.2, 0.25) is 5.02 Å². The number of halogens is 1. The van der Waals surface area contributed by atoms with Gasteiger partial charge in [-0.15, -0.1) is 0 Å². The van der Waals surface area contributed by atoms with Crippen LogP contribution < -0.4 is 10.1 Å². The Morgan fingerprint density at radius 1 is 1.08 bits per heavy atom. The van der Waals surface area contributed by atoms with E-state index in [0.717, 1.165) is 58.8 Å². The van der Waals surface area contributed by atoms with Crippen molar-refractivity contribution in [1.29, 1.82) is 0 Å². The smallest absolute Gasteiger partial charge is 0.229 e. The van der Waals surface area contributed by atoms with Crippen LogP contribution >= 0.6 is 11.6 Å². The molecule has 36 heavy (non-hydrogen) atoms. The second-order valence-electron chi connectivity index (χ2n) is 10.4. The molecule has 6 heteroatoms. The predicted octanol–water partition coefficient (Wildman–Crippen LogP) is 7.01. The maximum Gasteiger partial charge on any atom is 0.229 e. The summed E-state index contributed by atoms with van der Waals surface area (Å²) < 4.78 is 7.73. The summed E-state index contributed by atoms with van der Waals surface area (Å²) in [5.74, 6) is 1.20. The molecule has 1 N–H and O–H groups in total. The molecule has 0 spiro atoms. The molecule has 1 fully saturated rings. The number of nitrogens with one attached hydrogen (secondary N) is 1. The average Bonchev–Trinajstić information content (AvgIpc) is 3.29. The van der Waals surface area contributed by atoms with E-state index in [2.05, 4.69) is 18.3 Å². The van der Waals surface area contributed by atoms with E-state index < -0.39 is 0 Å². The summed E-state index contributed by atoms with van der Waals surface area (Å²) in [6.07, 6.45) is 8.94. The minimum absolute atomic E-state index is 0.109. The molecule has 1 saturated carbocycles. The summed E-state index contributed by atoms with van der Waals surface area (Å²) in [6.45, 7) is 4.22. The molecule has 2 aromatic carbocycles. The fourth-order valence-corrected chi connectivity index (χ4v) is 6.11. The van der Waals surface area contributed by atoms with Gasteiger partial charge in [0.05, 0.1) is 24.4 Å². The van der Waals surface area contributed by atoms with Crippen molar-refractivity contribution in [2.45, 2.75) is 77.2 Å².